The standard InChI is InChI=1S/C10H16ClNO3/c1-14-7-8(13)4-5-12-6-9-2-3-10(11)15-9/h2-3,8,12-13H,4-7H2,1H3. The second-order valence-corrected chi connectivity index (χ2v) is 3.65. The van der Waals surface area contributed by atoms with Gasteiger partial charge >= 0.3 is 0 Å². The molecule has 0 aliphatic rings. The van der Waals surface area contributed by atoms with E-state index in [0.29, 0.717) is 31.3 Å². The van der Waals surface area contributed by atoms with E-state index >= 15 is 0 Å². The molecule has 0 fully saturated rings. The average Bonchev–Trinajstić information content (AvgIpc) is 2.60. The van der Waals surface area contributed by atoms with Crippen LogP contribution in [0.3, 0.4) is 0 Å². The summed E-state index contributed by atoms with van der Waals surface area (Å²) in [5.74, 6) is 0.793. The number of aliphatic hydroxyl groups is 1. The van der Waals surface area contributed by atoms with E-state index in [9.17, 15) is 5.11 Å². The lowest BCUT2D eigenvalue weighted by Gasteiger charge is -2.09. The summed E-state index contributed by atoms with van der Waals surface area (Å²) in [6.07, 6.45) is 0.241. The predicted octanol–water partition coefficient (Wildman–Crippen LogP) is 1.42. The van der Waals surface area contributed by atoms with Crippen molar-refractivity contribution in [3.63, 3.8) is 0 Å². The van der Waals surface area contributed by atoms with Gasteiger partial charge in [-0.15, -0.1) is 0 Å². The fourth-order valence-corrected chi connectivity index (χ4v) is 1.36. The van der Waals surface area contributed by atoms with E-state index in [1.807, 2.05) is 6.07 Å². The molecule has 1 aromatic rings. The zero-order valence-electron chi connectivity index (χ0n) is 8.70. The van der Waals surface area contributed by atoms with Gasteiger partial charge in [0.05, 0.1) is 19.3 Å². The number of hydrogen-bond acceptors (Lipinski definition) is 4. The molecule has 1 rings (SSSR count). The highest BCUT2D eigenvalue weighted by molar-refractivity contribution is 6.28. The molecule has 1 heterocycles. The molecule has 4 nitrogen and oxygen atoms in total. The summed E-state index contributed by atoms with van der Waals surface area (Å²) in [4.78, 5) is 0. The fraction of sp³-hybridized carbons (Fsp3) is 0.600. The van der Waals surface area contributed by atoms with Gasteiger partial charge in [0, 0.05) is 7.11 Å². The first-order valence-electron chi connectivity index (χ1n) is 4.84. The summed E-state index contributed by atoms with van der Waals surface area (Å²) >= 11 is 5.61. The minimum Gasteiger partial charge on any atom is -0.448 e. The van der Waals surface area contributed by atoms with Gasteiger partial charge in [-0.3, -0.25) is 0 Å². The molecule has 2 N–H and O–H groups in total. The molecule has 0 spiro atoms. The molecule has 1 unspecified atom stereocenters. The van der Waals surface area contributed by atoms with Crippen LogP contribution in [0.5, 0.6) is 0 Å². The Morgan fingerprint density at radius 2 is 2.40 bits per heavy atom. The Bertz CT molecular complexity index is 277. The normalized spacial score (nSPS) is 13.0. The zero-order chi connectivity index (χ0) is 11.1. The molecular formula is C10H16ClNO3. The van der Waals surface area contributed by atoms with Crippen molar-refractivity contribution < 1.29 is 14.3 Å². The highest BCUT2D eigenvalue weighted by atomic mass is 35.5. The molecule has 0 saturated heterocycles. The number of aliphatic hydroxyl groups excluding tert-OH is 1. The van der Waals surface area contributed by atoms with Gasteiger partial charge in [0.2, 0.25) is 0 Å². The monoisotopic (exact) mass is 233 g/mol. The van der Waals surface area contributed by atoms with Crippen LogP contribution < -0.4 is 5.32 Å². The van der Waals surface area contributed by atoms with E-state index in [4.69, 9.17) is 20.8 Å². The predicted molar refractivity (Wildman–Crippen MR) is 57.9 cm³/mol. The number of methoxy groups -OCH3 is 1. The van der Waals surface area contributed by atoms with Crippen LogP contribution in [0.4, 0.5) is 0 Å². The average molecular weight is 234 g/mol. The molecule has 1 atom stereocenters. The Morgan fingerprint density at radius 1 is 1.60 bits per heavy atom. The van der Waals surface area contributed by atoms with Crippen LogP contribution in [-0.2, 0) is 11.3 Å². The summed E-state index contributed by atoms with van der Waals surface area (Å²) < 4.78 is 9.96. The van der Waals surface area contributed by atoms with Crippen LogP contribution in [0.1, 0.15) is 12.2 Å². The van der Waals surface area contributed by atoms with E-state index in [-0.39, 0.29) is 0 Å². The van der Waals surface area contributed by atoms with Crippen LogP contribution in [-0.4, -0.2) is 31.5 Å². The largest absolute Gasteiger partial charge is 0.448 e. The number of furan rings is 1. The Balaban J connectivity index is 2.06. The molecule has 1 aromatic heterocycles. The van der Waals surface area contributed by atoms with Crippen LogP contribution in [0.2, 0.25) is 5.22 Å². The first kappa shape index (κ1) is 12.5. The van der Waals surface area contributed by atoms with Crippen molar-refractivity contribution in [3.8, 4) is 0 Å². The Hall–Kier alpha value is -0.550. The first-order chi connectivity index (χ1) is 7.22. The van der Waals surface area contributed by atoms with Gasteiger partial charge in [0.25, 0.3) is 0 Å². The minimum atomic E-state index is -0.414. The third kappa shape index (κ3) is 5.18. The summed E-state index contributed by atoms with van der Waals surface area (Å²) in [5.41, 5.74) is 0. The van der Waals surface area contributed by atoms with Gasteiger partial charge in [-0.25, -0.2) is 0 Å². The van der Waals surface area contributed by atoms with Crippen LogP contribution in [0.15, 0.2) is 16.5 Å². The summed E-state index contributed by atoms with van der Waals surface area (Å²) in [6, 6.07) is 3.53. The van der Waals surface area contributed by atoms with Crippen molar-refractivity contribution in [3.05, 3.63) is 23.1 Å². The number of nitrogens with one attached hydrogen (secondary N) is 1. The van der Waals surface area contributed by atoms with E-state index in [1.165, 1.54) is 0 Å². The van der Waals surface area contributed by atoms with Crippen molar-refractivity contribution >= 4 is 11.6 Å². The Labute approximate surface area is 94.2 Å². The molecule has 0 amide bonds. The van der Waals surface area contributed by atoms with Gasteiger partial charge in [-0.05, 0) is 36.7 Å². The summed E-state index contributed by atoms with van der Waals surface area (Å²) in [5, 5.41) is 12.9. The van der Waals surface area contributed by atoms with Crippen molar-refractivity contribution in [2.75, 3.05) is 20.3 Å². The number of ether oxygens (including phenoxy) is 1. The molecule has 5 heteroatoms. The van der Waals surface area contributed by atoms with Gasteiger partial charge in [-0.1, -0.05) is 0 Å². The number of halogens is 1. The smallest absolute Gasteiger partial charge is 0.193 e. The zero-order valence-corrected chi connectivity index (χ0v) is 9.46. The fourth-order valence-electron chi connectivity index (χ4n) is 1.20. The van der Waals surface area contributed by atoms with Crippen molar-refractivity contribution in [2.45, 2.75) is 19.1 Å². The molecular weight excluding hydrogens is 218 g/mol. The van der Waals surface area contributed by atoms with Crippen LogP contribution in [0.25, 0.3) is 0 Å². The summed E-state index contributed by atoms with van der Waals surface area (Å²) in [7, 11) is 1.57. The highest BCUT2D eigenvalue weighted by Crippen LogP contribution is 2.12. The maximum Gasteiger partial charge on any atom is 0.193 e. The SMILES string of the molecule is COCC(O)CCNCc1ccc(Cl)o1. The third-order valence-corrected chi connectivity index (χ3v) is 2.14. The summed E-state index contributed by atoms with van der Waals surface area (Å²) in [6.45, 7) is 1.70. The van der Waals surface area contributed by atoms with E-state index in [0.717, 1.165) is 5.76 Å². The van der Waals surface area contributed by atoms with Crippen LogP contribution >= 0.6 is 11.6 Å². The molecule has 0 saturated carbocycles. The lowest BCUT2D eigenvalue weighted by Crippen LogP contribution is -2.22. The van der Waals surface area contributed by atoms with Crippen LogP contribution in [0, 0.1) is 0 Å². The van der Waals surface area contributed by atoms with E-state index in [2.05, 4.69) is 5.32 Å². The second-order valence-electron chi connectivity index (χ2n) is 3.28. The molecule has 0 aromatic carbocycles. The molecule has 86 valence electrons. The van der Waals surface area contributed by atoms with Gasteiger partial charge in [-0.2, -0.15) is 0 Å². The molecule has 0 radical (unpaired) electrons. The Morgan fingerprint density at radius 3 is 3.00 bits per heavy atom. The van der Waals surface area contributed by atoms with E-state index < -0.39 is 6.10 Å². The third-order valence-electron chi connectivity index (χ3n) is 1.94. The van der Waals surface area contributed by atoms with Gasteiger partial charge in [0.1, 0.15) is 5.76 Å². The maximum atomic E-state index is 9.34. The topological polar surface area (TPSA) is 54.6 Å². The lowest BCUT2D eigenvalue weighted by atomic mass is 10.2. The number of rotatable bonds is 7. The molecule has 15 heavy (non-hydrogen) atoms. The number of hydrogen-bond donors (Lipinski definition) is 2. The first-order valence-corrected chi connectivity index (χ1v) is 5.22. The van der Waals surface area contributed by atoms with E-state index in [1.54, 1.807) is 13.2 Å². The molecule has 0 bridgehead atoms. The van der Waals surface area contributed by atoms with Crippen molar-refractivity contribution in [1.29, 1.82) is 0 Å². The minimum absolute atomic E-state index is 0.369. The highest BCUT2D eigenvalue weighted by Gasteiger charge is 2.03. The van der Waals surface area contributed by atoms with Gasteiger partial charge < -0.3 is 19.6 Å². The maximum absolute atomic E-state index is 9.34. The lowest BCUT2D eigenvalue weighted by molar-refractivity contribution is 0.0593. The molecule has 0 aliphatic carbocycles. The Kier molecular flexibility index (Phi) is 5.71. The van der Waals surface area contributed by atoms with Crippen molar-refractivity contribution in [2.24, 2.45) is 0 Å². The quantitative estimate of drug-likeness (QED) is 0.700. The second kappa shape index (κ2) is 6.85. The van der Waals surface area contributed by atoms with Crippen molar-refractivity contribution in [1.82, 2.24) is 5.32 Å². The molecule has 0 aliphatic heterocycles. The van der Waals surface area contributed by atoms with Gasteiger partial charge in [0.15, 0.2) is 5.22 Å².